The van der Waals surface area contributed by atoms with E-state index in [9.17, 15) is 10.1 Å². The number of morpholine rings is 1. The minimum atomic E-state index is -0.727. The average Bonchev–Trinajstić information content (AvgIpc) is 3.04. The number of hydrogen-bond acceptors (Lipinski definition) is 6. The van der Waals surface area contributed by atoms with Gasteiger partial charge in [0.25, 0.3) is 0 Å². The number of nitrogens with zero attached hydrogens (tertiary/aromatic N) is 3. The summed E-state index contributed by atoms with van der Waals surface area (Å²) >= 11 is 0. The molecule has 0 amide bonds. The van der Waals surface area contributed by atoms with Crippen molar-refractivity contribution >= 4 is 30.8 Å². The molecular formula is C34H41Cl2N3O3. The number of ether oxygens (including phenoxy) is 2. The predicted octanol–water partition coefficient (Wildman–Crippen LogP) is 5.64. The van der Waals surface area contributed by atoms with Crippen molar-refractivity contribution in [3.05, 3.63) is 108 Å². The van der Waals surface area contributed by atoms with Gasteiger partial charge in [0.15, 0.2) is 0 Å². The quantitative estimate of drug-likeness (QED) is 0.277. The first-order chi connectivity index (χ1) is 19.7. The van der Waals surface area contributed by atoms with E-state index in [1.807, 2.05) is 54.6 Å². The third-order valence-electron chi connectivity index (χ3n) is 8.70. The van der Waals surface area contributed by atoms with Gasteiger partial charge in [0.05, 0.1) is 24.7 Å². The van der Waals surface area contributed by atoms with Crippen LogP contribution in [0.1, 0.15) is 36.0 Å². The SMILES string of the molecule is Cl.Cl.N#CC(CCN1CCC(C(=O)OCCN2CCOCC2)(c2ccccc2)CC1)(c1ccccc1)c1ccccc1. The molecule has 42 heavy (non-hydrogen) atoms. The van der Waals surface area contributed by atoms with Crippen LogP contribution in [-0.2, 0) is 25.1 Å². The van der Waals surface area contributed by atoms with Crippen molar-refractivity contribution in [3.63, 3.8) is 0 Å². The van der Waals surface area contributed by atoms with Crippen LogP contribution >= 0.6 is 24.8 Å². The topological polar surface area (TPSA) is 65.8 Å². The number of hydrogen-bond donors (Lipinski definition) is 0. The van der Waals surface area contributed by atoms with Crippen molar-refractivity contribution in [1.82, 2.24) is 9.80 Å². The lowest BCUT2D eigenvalue weighted by atomic mass is 9.71. The molecule has 3 aromatic carbocycles. The van der Waals surface area contributed by atoms with E-state index in [1.54, 1.807) is 0 Å². The minimum absolute atomic E-state index is 0. The van der Waals surface area contributed by atoms with Crippen molar-refractivity contribution in [1.29, 1.82) is 5.26 Å². The lowest BCUT2D eigenvalue weighted by Crippen LogP contribution is -2.49. The Kier molecular flexibility index (Phi) is 12.8. The molecule has 0 unspecified atom stereocenters. The number of esters is 1. The van der Waals surface area contributed by atoms with Crippen molar-refractivity contribution in [2.24, 2.45) is 0 Å². The van der Waals surface area contributed by atoms with Gasteiger partial charge in [0, 0.05) is 26.2 Å². The molecule has 6 nitrogen and oxygen atoms in total. The second-order valence-corrected chi connectivity index (χ2v) is 10.9. The fraction of sp³-hybridized carbons (Fsp3) is 0.412. The van der Waals surface area contributed by atoms with Gasteiger partial charge >= 0.3 is 5.97 Å². The van der Waals surface area contributed by atoms with Gasteiger partial charge in [0.2, 0.25) is 0 Å². The molecular weight excluding hydrogens is 569 g/mol. The van der Waals surface area contributed by atoms with Crippen LogP contribution in [0, 0.1) is 11.3 Å². The molecule has 0 aliphatic carbocycles. The number of likely N-dealkylation sites (tertiary alicyclic amines) is 1. The van der Waals surface area contributed by atoms with E-state index < -0.39 is 10.8 Å². The lowest BCUT2D eigenvalue weighted by molar-refractivity contribution is -0.153. The summed E-state index contributed by atoms with van der Waals surface area (Å²) in [7, 11) is 0. The maximum atomic E-state index is 13.7. The Hall–Kier alpha value is -2.92. The molecule has 5 rings (SSSR count). The highest BCUT2D eigenvalue weighted by Crippen LogP contribution is 2.39. The van der Waals surface area contributed by atoms with Crippen LogP contribution in [0.3, 0.4) is 0 Å². The second-order valence-electron chi connectivity index (χ2n) is 10.9. The summed E-state index contributed by atoms with van der Waals surface area (Å²) in [5.41, 5.74) is 1.69. The molecule has 8 heteroatoms. The van der Waals surface area contributed by atoms with Crippen LogP contribution in [0.15, 0.2) is 91.0 Å². The number of nitriles is 1. The highest BCUT2D eigenvalue weighted by atomic mass is 35.5. The van der Waals surface area contributed by atoms with Crippen molar-refractivity contribution in [2.75, 3.05) is 59.1 Å². The summed E-state index contributed by atoms with van der Waals surface area (Å²) in [4.78, 5) is 18.4. The largest absolute Gasteiger partial charge is 0.464 e. The molecule has 3 aromatic rings. The van der Waals surface area contributed by atoms with E-state index in [2.05, 4.69) is 52.3 Å². The molecule has 0 spiro atoms. The molecule has 0 saturated carbocycles. The third kappa shape index (κ3) is 7.53. The maximum absolute atomic E-state index is 13.7. The van der Waals surface area contributed by atoms with E-state index in [1.165, 1.54) is 0 Å². The van der Waals surface area contributed by atoms with E-state index in [0.717, 1.165) is 69.2 Å². The van der Waals surface area contributed by atoms with Crippen molar-refractivity contribution in [3.8, 4) is 6.07 Å². The summed E-state index contributed by atoms with van der Waals surface area (Å²) in [5, 5.41) is 10.6. The fourth-order valence-electron chi connectivity index (χ4n) is 6.17. The van der Waals surface area contributed by atoms with E-state index >= 15 is 0 Å². The summed E-state index contributed by atoms with van der Waals surface area (Å²) < 4.78 is 11.4. The zero-order valence-electron chi connectivity index (χ0n) is 24.0. The van der Waals surface area contributed by atoms with Crippen LogP contribution in [0.4, 0.5) is 0 Å². The summed E-state index contributed by atoms with van der Waals surface area (Å²) in [5.74, 6) is -0.119. The zero-order chi connectivity index (χ0) is 27.7. The third-order valence-corrected chi connectivity index (χ3v) is 8.70. The molecule has 0 bridgehead atoms. The molecule has 0 aromatic heterocycles. The standard InChI is InChI=1S/C34H39N3O3.2ClH/c35-28-34(30-12-6-2-7-13-30,31-14-8-3-9-15-31)18-21-36-19-16-33(17-20-36,29-10-4-1-5-11-29)32(38)40-27-24-37-22-25-39-26-23-37;;/h1-15H,16-27H2;2*1H. The van der Waals surface area contributed by atoms with Crippen LogP contribution < -0.4 is 0 Å². The molecule has 2 saturated heterocycles. The first-order valence-corrected chi connectivity index (χ1v) is 14.4. The van der Waals surface area contributed by atoms with Crippen LogP contribution in [0.2, 0.25) is 0 Å². The Morgan fingerprint density at radius 1 is 0.786 bits per heavy atom. The maximum Gasteiger partial charge on any atom is 0.316 e. The fourth-order valence-corrected chi connectivity index (χ4v) is 6.17. The molecule has 2 fully saturated rings. The molecule has 0 atom stereocenters. The van der Waals surface area contributed by atoms with E-state index in [0.29, 0.717) is 25.9 Å². The Morgan fingerprint density at radius 2 is 1.29 bits per heavy atom. The van der Waals surface area contributed by atoms with Gasteiger partial charge in [-0.3, -0.25) is 9.69 Å². The number of halogens is 2. The Balaban J connectivity index is 0.00000242. The summed E-state index contributed by atoms with van der Waals surface area (Å²) in [6, 6.07) is 33.0. The van der Waals surface area contributed by atoms with Gasteiger partial charge in [-0.15, -0.1) is 24.8 Å². The van der Waals surface area contributed by atoms with Crippen LogP contribution in [-0.4, -0.2) is 74.9 Å². The number of piperidine rings is 1. The highest BCUT2D eigenvalue weighted by molar-refractivity contribution is 5.85. The first kappa shape index (κ1) is 33.6. The lowest BCUT2D eigenvalue weighted by Gasteiger charge is -2.41. The Bertz CT molecular complexity index is 1220. The smallest absolute Gasteiger partial charge is 0.316 e. The molecule has 0 N–H and O–H groups in total. The number of carbonyl (C=O) groups excluding carboxylic acids is 1. The molecule has 224 valence electrons. The van der Waals surface area contributed by atoms with Gasteiger partial charge in [-0.1, -0.05) is 91.0 Å². The monoisotopic (exact) mass is 609 g/mol. The average molecular weight is 611 g/mol. The van der Waals surface area contributed by atoms with Gasteiger partial charge in [0.1, 0.15) is 12.0 Å². The van der Waals surface area contributed by atoms with Crippen molar-refractivity contribution < 1.29 is 14.3 Å². The molecule has 2 aliphatic rings. The minimum Gasteiger partial charge on any atom is -0.464 e. The second kappa shape index (κ2) is 16.1. The van der Waals surface area contributed by atoms with Crippen molar-refractivity contribution in [2.45, 2.75) is 30.1 Å². The molecule has 2 heterocycles. The van der Waals surface area contributed by atoms with Gasteiger partial charge < -0.3 is 14.4 Å². The van der Waals surface area contributed by atoms with Gasteiger partial charge in [-0.05, 0) is 49.0 Å². The Labute approximate surface area is 262 Å². The van der Waals surface area contributed by atoms with Gasteiger partial charge in [-0.2, -0.15) is 5.26 Å². The zero-order valence-corrected chi connectivity index (χ0v) is 25.7. The predicted molar refractivity (Wildman–Crippen MR) is 170 cm³/mol. The van der Waals surface area contributed by atoms with Crippen LogP contribution in [0.5, 0.6) is 0 Å². The van der Waals surface area contributed by atoms with E-state index in [4.69, 9.17) is 9.47 Å². The molecule has 0 radical (unpaired) electrons. The number of carbonyl (C=O) groups is 1. The Morgan fingerprint density at radius 3 is 1.81 bits per heavy atom. The number of benzene rings is 3. The number of rotatable bonds is 10. The van der Waals surface area contributed by atoms with Crippen LogP contribution in [0.25, 0.3) is 0 Å². The highest BCUT2D eigenvalue weighted by Gasteiger charge is 2.45. The van der Waals surface area contributed by atoms with Gasteiger partial charge in [-0.25, -0.2) is 0 Å². The molecule has 2 aliphatic heterocycles. The van der Waals surface area contributed by atoms with E-state index in [-0.39, 0.29) is 30.8 Å². The summed E-state index contributed by atoms with van der Waals surface area (Å²) in [6.07, 6.45) is 2.08. The first-order valence-electron chi connectivity index (χ1n) is 14.4. The normalized spacial score (nSPS) is 17.2. The summed E-state index contributed by atoms with van der Waals surface area (Å²) in [6.45, 7) is 6.69.